The van der Waals surface area contributed by atoms with Gasteiger partial charge >= 0.3 is 5.97 Å². The molecule has 0 bridgehead atoms. The molecule has 1 N–H and O–H groups in total. The number of ether oxygens (including phenoxy) is 3. The second-order valence-electron chi connectivity index (χ2n) is 7.20. The second-order valence-corrected chi connectivity index (χ2v) is 8.06. The molecule has 5 nitrogen and oxygen atoms in total. The lowest BCUT2D eigenvalue weighted by atomic mass is 9.76. The lowest BCUT2D eigenvalue weighted by Crippen LogP contribution is -2.30. The van der Waals surface area contributed by atoms with Crippen molar-refractivity contribution in [3.05, 3.63) is 63.6 Å². The highest BCUT2D eigenvalue weighted by Gasteiger charge is 2.39. The van der Waals surface area contributed by atoms with E-state index in [4.69, 9.17) is 14.2 Å². The largest absolute Gasteiger partial charge is 0.493 e. The van der Waals surface area contributed by atoms with Gasteiger partial charge in [-0.1, -0.05) is 24.3 Å². The summed E-state index contributed by atoms with van der Waals surface area (Å²) in [4.78, 5) is 12.6. The maximum atomic E-state index is 12.6. The van der Waals surface area contributed by atoms with Crippen LogP contribution in [0.15, 0.2) is 47.0 Å². The third kappa shape index (κ3) is 3.39. The molecule has 0 saturated carbocycles. The van der Waals surface area contributed by atoms with Gasteiger partial charge in [-0.2, -0.15) is 0 Å². The smallest absolute Gasteiger partial charge is 0.340 e. The molecule has 2 aliphatic rings. The van der Waals surface area contributed by atoms with Crippen LogP contribution >= 0.6 is 15.9 Å². The van der Waals surface area contributed by atoms with Gasteiger partial charge in [-0.25, -0.2) is 4.79 Å². The highest BCUT2D eigenvalue weighted by Crippen LogP contribution is 2.52. The molecule has 6 heteroatoms. The molecule has 3 atom stereocenters. The fourth-order valence-corrected chi connectivity index (χ4v) is 5.07. The van der Waals surface area contributed by atoms with Gasteiger partial charge in [0, 0.05) is 5.92 Å². The number of fused-ring (bicyclic) bond motifs is 3. The molecule has 4 rings (SSSR count). The number of carbonyl (C=O) groups excluding carboxylic acids is 1. The minimum absolute atomic E-state index is 0.0224. The van der Waals surface area contributed by atoms with Crippen molar-refractivity contribution in [1.82, 2.24) is 0 Å². The maximum Gasteiger partial charge on any atom is 0.340 e. The van der Waals surface area contributed by atoms with E-state index in [0.717, 1.165) is 27.7 Å². The van der Waals surface area contributed by atoms with Crippen molar-refractivity contribution < 1.29 is 19.0 Å². The Kier molecular flexibility index (Phi) is 5.54. The molecule has 0 unspecified atom stereocenters. The predicted octanol–water partition coefficient (Wildman–Crippen LogP) is 5.47. The van der Waals surface area contributed by atoms with Gasteiger partial charge in [0.25, 0.3) is 0 Å². The van der Waals surface area contributed by atoms with Crippen LogP contribution in [0.1, 0.15) is 46.8 Å². The number of hydrogen-bond donors (Lipinski definition) is 1. The first-order valence-electron chi connectivity index (χ1n) is 9.73. The number of rotatable bonds is 5. The van der Waals surface area contributed by atoms with Crippen LogP contribution in [0.3, 0.4) is 0 Å². The van der Waals surface area contributed by atoms with Crippen molar-refractivity contribution in [3.8, 4) is 11.5 Å². The minimum atomic E-state index is -0.301. The standard InChI is InChI=1S/C23H24BrNO4/c1-4-29-23(26)17-10-6-9-16-14-7-5-8-15(14)20(25-21(16)17)13-11-18(24)22(28-3)19(12-13)27-2/h5-7,9-12,14-15,20,25H,4,8H2,1-3H3/t14-,15+,20+/m1/s1. The van der Waals surface area contributed by atoms with Crippen molar-refractivity contribution in [3.63, 3.8) is 0 Å². The number of allylic oxidation sites excluding steroid dienone is 2. The number of methoxy groups -OCH3 is 2. The zero-order chi connectivity index (χ0) is 20.5. The molecule has 29 heavy (non-hydrogen) atoms. The van der Waals surface area contributed by atoms with Gasteiger partial charge in [0.15, 0.2) is 11.5 Å². The summed E-state index contributed by atoms with van der Waals surface area (Å²) < 4.78 is 17.1. The molecule has 0 spiro atoms. The van der Waals surface area contributed by atoms with E-state index in [9.17, 15) is 4.79 Å². The molecule has 1 heterocycles. The molecule has 2 aromatic carbocycles. The molecular formula is C23H24BrNO4. The topological polar surface area (TPSA) is 56.8 Å². The molecule has 0 fully saturated rings. The number of para-hydroxylation sites is 1. The Balaban J connectivity index is 1.81. The lowest BCUT2D eigenvalue weighted by Gasteiger charge is -2.38. The van der Waals surface area contributed by atoms with Crippen LogP contribution < -0.4 is 14.8 Å². The monoisotopic (exact) mass is 457 g/mol. The van der Waals surface area contributed by atoms with Crippen LogP contribution in [-0.4, -0.2) is 26.8 Å². The van der Waals surface area contributed by atoms with Gasteiger partial charge < -0.3 is 19.5 Å². The summed E-state index contributed by atoms with van der Waals surface area (Å²) in [5, 5.41) is 3.65. The Morgan fingerprint density at radius 3 is 2.79 bits per heavy atom. The Labute approximate surface area is 179 Å². The number of anilines is 1. The molecule has 1 aliphatic heterocycles. The third-order valence-corrected chi connectivity index (χ3v) is 6.30. The van der Waals surface area contributed by atoms with E-state index in [-0.39, 0.29) is 17.9 Å². The van der Waals surface area contributed by atoms with Crippen LogP contribution in [0, 0.1) is 5.92 Å². The van der Waals surface area contributed by atoms with Crippen molar-refractivity contribution in [2.75, 3.05) is 26.1 Å². The average Bonchev–Trinajstić information content (AvgIpc) is 3.22. The summed E-state index contributed by atoms with van der Waals surface area (Å²) in [6, 6.07) is 9.95. The zero-order valence-electron chi connectivity index (χ0n) is 16.7. The number of benzene rings is 2. The summed E-state index contributed by atoms with van der Waals surface area (Å²) in [6.45, 7) is 2.17. The zero-order valence-corrected chi connectivity index (χ0v) is 18.3. The highest BCUT2D eigenvalue weighted by molar-refractivity contribution is 9.10. The van der Waals surface area contributed by atoms with E-state index in [1.54, 1.807) is 14.2 Å². The molecule has 0 amide bonds. The molecule has 0 aromatic heterocycles. The van der Waals surface area contributed by atoms with Crippen molar-refractivity contribution in [2.24, 2.45) is 5.92 Å². The fourth-order valence-electron chi connectivity index (χ4n) is 4.45. The summed E-state index contributed by atoms with van der Waals surface area (Å²) >= 11 is 3.61. The maximum absolute atomic E-state index is 12.6. The highest BCUT2D eigenvalue weighted by atomic mass is 79.9. The van der Waals surface area contributed by atoms with Crippen LogP contribution in [0.5, 0.6) is 11.5 Å². The third-order valence-electron chi connectivity index (χ3n) is 5.71. The van der Waals surface area contributed by atoms with E-state index >= 15 is 0 Å². The van der Waals surface area contributed by atoms with Gasteiger partial charge in [-0.05, 0) is 64.5 Å². The molecule has 152 valence electrons. The van der Waals surface area contributed by atoms with Crippen LogP contribution in [-0.2, 0) is 4.74 Å². The Bertz CT molecular complexity index is 972. The van der Waals surface area contributed by atoms with Crippen LogP contribution in [0.25, 0.3) is 0 Å². The van der Waals surface area contributed by atoms with Crippen LogP contribution in [0.4, 0.5) is 5.69 Å². The molecule has 0 radical (unpaired) electrons. The van der Waals surface area contributed by atoms with Crippen molar-refractivity contribution in [1.29, 1.82) is 0 Å². The number of halogens is 1. The van der Waals surface area contributed by atoms with E-state index in [0.29, 0.717) is 29.6 Å². The van der Waals surface area contributed by atoms with Crippen molar-refractivity contribution >= 4 is 27.6 Å². The van der Waals surface area contributed by atoms with Gasteiger partial charge in [-0.3, -0.25) is 0 Å². The fraction of sp³-hybridized carbons (Fsp3) is 0.348. The number of esters is 1. The summed E-state index contributed by atoms with van der Waals surface area (Å²) in [6.07, 6.45) is 5.45. The van der Waals surface area contributed by atoms with Gasteiger partial charge in [0.05, 0.1) is 42.6 Å². The van der Waals surface area contributed by atoms with E-state index in [1.165, 1.54) is 0 Å². The summed E-state index contributed by atoms with van der Waals surface area (Å²) in [7, 11) is 3.26. The number of hydrogen-bond acceptors (Lipinski definition) is 5. The molecular weight excluding hydrogens is 434 g/mol. The lowest BCUT2D eigenvalue weighted by molar-refractivity contribution is 0.0527. The minimum Gasteiger partial charge on any atom is -0.493 e. The number of nitrogens with one attached hydrogen (secondary N) is 1. The normalized spacial score (nSPS) is 21.7. The molecule has 1 aliphatic carbocycles. The Morgan fingerprint density at radius 2 is 2.07 bits per heavy atom. The molecule has 2 aromatic rings. The average molecular weight is 458 g/mol. The first-order chi connectivity index (χ1) is 14.1. The van der Waals surface area contributed by atoms with Gasteiger partial charge in [0.2, 0.25) is 0 Å². The summed E-state index contributed by atoms with van der Waals surface area (Å²) in [5.74, 6) is 1.64. The Morgan fingerprint density at radius 1 is 1.24 bits per heavy atom. The van der Waals surface area contributed by atoms with Crippen molar-refractivity contribution in [2.45, 2.75) is 25.3 Å². The van der Waals surface area contributed by atoms with E-state index in [1.807, 2.05) is 25.1 Å². The molecule has 0 saturated heterocycles. The van der Waals surface area contributed by atoms with E-state index < -0.39 is 0 Å². The summed E-state index contributed by atoms with van der Waals surface area (Å²) in [5.41, 5.74) is 3.66. The SMILES string of the molecule is CCOC(=O)c1cccc2c1N[C@@H](c1cc(Br)c(OC)c(OC)c1)[C@H]1CC=C[C@@H]21. The first kappa shape index (κ1) is 19.8. The van der Waals surface area contributed by atoms with Gasteiger partial charge in [-0.15, -0.1) is 0 Å². The number of carbonyl (C=O) groups is 1. The van der Waals surface area contributed by atoms with Crippen LogP contribution in [0.2, 0.25) is 0 Å². The second kappa shape index (κ2) is 8.11. The quantitative estimate of drug-likeness (QED) is 0.476. The van der Waals surface area contributed by atoms with Gasteiger partial charge in [0.1, 0.15) is 0 Å². The Hall–Kier alpha value is -2.47. The van der Waals surface area contributed by atoms with E-state index in [2.05, 4.69) is 45.5 Å². The predicted molar refractivity (Wildman–Crippen MR) is 116 cm³/mol. The first-order valence-corrected chi connectivity index (χ1v) is 10.5.